The molecule has 7 heteroatoms. The number of ether oxygens (including phenoxy) is 1. The molecule has 1 rings (SSSR count). The van der Waals surface area contributed by atoms with E-state index in [1.54, 1.807) is 0 Å². The predicted octanol–water partition coefficient (Wildman–Crippen LogP) is 1.36. The molecule has 0 heterocycles. The van der Waals surface area contributed by atoms with Crippen LogP contribution in [0.15, 0.2) is 23.1 Å². The van der Waals surface area contributed by atoms with E-state index >= 15 is 0 Å². The molecule has 0 saturated carbocycles. The average Bonchev–Trinajstić information content (AvgIpc) is 2.51. The van der Waals surface area contributed by atoms with Crippen molar-refractivity contribution in [2.24, 2.45) is 5.73 Å². The lowest BCUT2D eigenvalue weighted by Gasteiger charge is -2.31. The summed E-state index contributed by atoms with van der Waals surface area (Å²) in [4.78, 5) is 0.00345. The first kappa shape index (κ1) is 17.4. The second kappa shape index (κ2) is 6.89. The molecule has 3 N–H and O–H groups in total. The number of sulfonamides is 1. The Hall–Kier alpha value is -1.62. The van der Waals surface area contributed by atoms with Gasteiger partial charge in [-0.3, -0.25) is 0 Å². The van der Waals surface area contributed by atoms with E-state index in [1.807, 2.05) is 19.9 Å². The largest absolute Gasteiger partial charge is 0.495 e. The Morgan fingerprint density at radius 3 is 2.43 bits per heavy atom. The molecule has 6 nitrogen and oxygen atoms in total. The summed E-state index contributed by atoms with van der Waals surface area (Å²) < 4.78 is 32.9. The van der Waals surface area contributed by atoms with Gasteiger partial charge in [-0.05, 0) is 31.0 Å². The number of benzene rings is 1. The maximum atomic E-state index is 12.6. The molecule has 0 saturated heterocycles. The molecule has 0 spiro atoms. The molecule has 1 aromatic carbocycles. The van der Waals surface area contributed by atoms with Gasteiger partial charge in [-0.1, -0.05) is 13.8 Å². The lowest BCUT2D eigenvalue weighted by molar-refractivity contribution is 0.360. The fourth-order valence-electron chi connectivity index (χ4n) is 2.02. The molecule has 116 valence electrons. The van der Waals surface area contributed by atoms with Crippen molar-refractivity contribution >= 4 is 10.0 Å². The van der Waals surface area contributed by atoms with Crippen molar-refractivity contribution in [2.75, 3.05) is 13.7 Å². The fraction of sp³-hybridized carbons (Fsp3) is 0.500. The maximum absolute atomic E-state index is 12.6. The molecule has 0 aliphatic carbocycles. The van der Waals surface area contributed by atoms with Crippen molar-refractivity contribution < 1.29 is 13.2 Å². The van der Waals surface area contributed by atoms with Gasteiger partial charge < -0.3 is 10.5 Å². The molecule has 0 fully saturated rings. The Morgan fingerprint density at radius 2 is 2.00 bits per heavy atom. The molecule has 0 aliphatic heterocycles. The predicted molar refractivity (Wildman–Crippen MR) is 80.4 cm³/mol. The molecule has 0 radical (unpaired) electrons. The monoisotopic (exact) mass is 311 g/mol. The zero-order valence-corrected chi connectivity index (χ0v) is 13.3. The number of nitriles is 1. The molecule has 0 amide bonds. The third-order valence-electron chi connectivity index (χ3n) is 3.68. The van der Waals surface area contributed by atoms with E-state index in [4.69, 9.17) is 15.7 Å². The molecule has 1 aromatic rings. The molecule has 0 aliphatic rings. The molecule has 0 unspecified atom stereocenters. The Bertz CT molecular complexity index is 623. The number of hydrogen-bond donors (Lipinski definition) is 2. The standard InChI is InChI=1S/C14H21N3O3S/c1-4-14(5-2,10-16)17-21(18,19)13-7-6-11(9-15)8-12(13)20-3/h6-8,17H,4-5,10,16H2,1-3H3. The molecule has 0 bridgehead atoms. The summed E-state index contributed by atoms with van der Waals surface area (Å²) in [6.07, 6.45) is 1.16. The Morgan fingerprint density at radius 1 is 1.38 bits per heavy atom. The Kier molecular flexibility index (Phi) is 5.72. The van der Waals surface area contributed by atoms with Crippen molar-refractivity contribution in [3.63, 3.8) is 0 Å². The topological polar surface area (TPSA) is 105 Å². The molecular formula is C14H21N3O3S. The quantitative estimate of drug-likeness (QED) is 0.791. The van der Waals surface area contributed by atoms with Crippen LogP contribution in [0.25, 0.3) is 0 Å². The van der Waals surface area contributed by atoms with Gasteiger partial charge >= 0.3 is 0 Å². The molecule has 21 heavy (non-hydrogen) atoms. The first-order valence-electron chi connectivity index (χ1n) is 6.70. The van der Waals surface area contributed by atoms with Gasteiger partial charge in [0.1, 0.15) is 10.6 Å². The van der Waals surface area contributed by atoms with Gasteiger partial charge in [0.25, 0.3) is 0 Å². The van der Waals surface area contributed by atoms with E-state index in [-0.39, 0.29) is 17.2 Å². The third kappa shape index (κ3) is 3.73. The highest BCUT2D eigenvalue weighted by atomic mass is 32.2. The van der Waals surface area contributed by atoms with Crippen molar-refractivity contribution in [1.29, 1.82) is 5.26 Å². The Labute approximate surface area is 126 Å². The Balaban J connectivity index is 3.29. The number of nitrogens with zero attached hydrogens (tertiary/aromatic N) is 1. The van der Waals surface area contributed by atoms with Crippen molar-refractivity contribution in [3.05, 3.63) is 23.8 Å². The van der Waals surface area contributed by atoms with Crippen molar-refractivity contribution in [1.82, 2.24) is 4.72 Å². The number of rotatable bonds is 7. The van der Waals surface area contributed by atoms with E-state index in [9.17, 15) is 8.42 Å². The number of hydrogen-bond acceptors (Lipinski definition) is 5. The van der Waals surface area contributed by atoms with Gasteiger partial charge in [0.15, 0.2) is 0 Å². The SMILES string of the molecule is CCC(CC)(CN)NS(=O)(=O)c1ccc(C#N)cc1OC. The summed E-state index contributed by atoms with van der Waals surface area (Å²) in [7, 11) is -2.42. The normalized spacial score (nSPS) is 12.0. The van der Waals surface area contributed by atoms with Crippen LogP contribution in [0.3, 0.4) is 0 Å². The van der Waals surface area contributed by atoms with Gasteiger partial charge in [-0.15, -0.1) is 0 Å². The molecule has 0 aromatic heterocycles. The summed E-state index contributed by atoms with van der Waals surface area (Å²) in [5.74, 6) is 0.139. The zero-order chi connectivity index (χ0) is 16.1. The summed E-state index contributed by atoms with van der Waals surface area (Å²) in [5, 5.41) is 8.86. The summed E-state index contributed by atoms with van der Waals surface area (Å²) in [5.41, 5.74) is 5.38. The van der Waals surface area contributed by atoms with Crippen LogP contribution in [0.1, 0.15) is 32.3 Å². The highest BCUT2D eigenvalue weighted by molar-refractivity contribution is 7.89. The van der Waals surface area contributed by atoms with E-state index in [2.05, 4.69) is 4.72 Å². The van der Waals surface area contributed by atoms with Gasteiger partial charge in [0.05, 0.1) is 18.7 Å². The van der Waals surface area contributed by atoms with Crippen LogP contribution in [-0.4, -0.2) is 27.6 Å². The lowest BCUT2D eigenvalue weighted by Crippen LogP contribution is -2.52. The third-order valence-corrected chi connectivity index (χ3v) is 5.30. The van der Waals surface area contributed by atoms with Gasteiger partial charge in [0.2, 0.25) is 10.0 Å². The van der Waals surface area contributed by atoms with Crippen LogP contribution in [0.2, 0.25) is 0 Å². The van der Waals surface area contributed by atoms with Gasteiger partial charge in [0, 0.05) is 12.1 Å². The smallest absolute Gasteiger partial charge is 0.244 e. The van der Waals surface area contributed by atoms with Crippen LogP contribution in [-0.2, 0) is 10.0 Å². The van der Waals surface area contributed by atoms with Gasteiger partial charge in [-0.2, -0.15) is 5.26 Å². The van der Waals surface area contributed by atoms with Crippen LogP contribution in [0.5, 0.6) is 5.75 Å². The first-order chi connectivity index (χ1) is 9.87. The fourth-order valence-corrected chi connectivity index (χ4v) is 3.73. The van der Waals surface area contributed by atoms with Crippen molar-refractivity contribution in [2.45, 2.75) is 37.1 Å². The molecular weight excluding hydrogens is 290 g/mol. The minimum atomic E-state index is -3.79. The number of nitrogens with two attached hydrogens (primary N) is 1. The minimum Gasteiger partial charge on any atom is -0.495 e. The summed E-state index contributed by atoms with van der Waals surface area (Å²) in [6, 6.07) is 6.16. The van der Waals surface area contributed by atoms with Gasteiger partial charge in [-0.25, -0.2) is 13.1 Å². The second-order valence-corrected chi connectivity index (χ2v) is 6.43. The minimum absolute atomic E-state index is 0.00345. The van der Waals surface area contributed by atoms with E-state index in [1.165, 1.54) is 25.3 Å². The lowest BCUT2D eigenvalue weighted by atomic mass is 9.95. The van der Waals surface area contributed by atoms with Crippen LogP contribution >= 0.6 is 0 Å². The average molecular weight is 311 g/mol. The van der Waals surface area contributed by atoms with E-state index in [0.29, 0.717) is 18.4 Å². The van der Waals surface area contributed by atoms with Crippen LogP contribution < -0.4 is 15.2 Å². The maximum Gasteiger partial charge on any atom is 0.244 e. The summed E-state index contributed by atoms with van der Waals surface area (Å²) >= 11 is 0. The van der Waals surface area contributed by atoms with Crippen molar-refractivity contribution in [3.8, 4) is 11.8 Å². The van der Waals surface area contributed by atoms with Crippen LogP contribution in [0, 0.1) is 11.3 Å². The first-order valence-corrected chi connectivity index (χ1v) is 8.18. The number of nitrogens with one attached hydrogen (secondary N) is 1. The number of methoxy groups -OCH3 is 1. The van der Waals surface area contributed by atoms with Crippen LogP contribution in [0.4, 0.5) is 0 Å². The van der Waals surface area contributed by atoms with E-state index in [0.717, 1.165) is 0 Å². The summed E-state index contributed by atoms with van der Waals surface area (Å²) in [6.45, 7) is 3.97. The zero-order valence-electron chi connectivity index (χ0n) is 12.5. The second-order valence-electron chi connectivity index (χ2n) is 4.77. The highest BCUT2D eigenvalue weighted by Gasteiger charge is 2.32. The highest BCUT2D eigenvalue weighted by Crippen LogP contribution is 2.27. The van der Waals surface area contributed by atoms with E-state index < -0.39 is 15.6 Å². The molecule has 0 atom stereocenters.